The van der Waals surface area contributed by atoms with E-state index in [2.05, 4.69) is 0 Å². The summed E-state index contributed by atoms with van der Waals surface area (Å²) in [5.74, 6) is 0.172. The number of thiophene rings is 1. The second-order valence-corrected chi connectivity index (χ2v) is 6.14. The van der Waals surface area contributed by atoms with Crippen LogP contribution < -0.4 is 0 Å². The summed E-state index contributed by atoms with van der Waals surface area (Å²) in [6, 6.07) is 3.75. The van der Waals surface area contributed by atoms with Crippen molar-refractivity contribution in [2.75, 3.05) is 6.61 Å². The summed E-state index contributed by atoms with van der Waals surface area (Å²) in [6.45, 7) is 2.61. The lowest BCUT2D eigenvalue weighted by Gasteiger charge is -2.32. The second kappa shape index (κ2) is 4.86. The van der Waals surface area contributed by atoms with Crippen LogP contribution in [0.2, 0.25) is 4.34 Å². The largest absolute Gasteiger partial charge is 0.367 e. The lowest BCUT2D eigenvalue weighted by molar-refractivity contribution is -0.147. The molecule has 0 spiro atoms. The van der Waals surface area contributed by atoms with Crippen molar-refractivity contribution < 1.29 is 9.53 Å². The Kier molecular flexibility index (Phi) is 3.67. The molecule has 2 nitrogen and oxygen atoms in total. The van der Waals surface area contributed by atoms with Gasteiger partial charge in [-0.2, -0.15) is 0 Å². The summed E-state index contributed by atoms with van der Waals surface area (Å²) in [5.41, 5.74) is -0.575. The van der Waals surface area contributed by atoms with Gasteiger partial charge in [0, 0.05) is 17.9 Å². The van der Waals surface area contributed by atoms with Gasteiger partial charge in [0.15, 0.2) is 5.78 Å². The van der Waals surface area contributed by atoms with Crippen LogP contribution in [0.1, 0.15) is 31.1 Å². The van der Waals surface area contributed by atoms with E-state index in [0.717, 1.165) is 28.5 Å². The Balaban J connectivity index is 2.01. The maximum absolute atomic E-state index is 12.1. The fraction of sp³-hybridized carbons (Fsp3) is 0.583. The Morgan fingerprint density at radius 2 is 2.38 bits per heavy atom. The van der Waals surface area contributed by atoms with E-state index in [1.54, 1.807) is 0 Å². The highest BCUT2D eigenvalue weighted by Gasteiger charge is 2.35. The number of Topliss-reactive ketones (excluding diaryl/α,β-unsaturated/α-hetero) is 1. The maximum Gasteiger partial charge on any atom is 0.169 e. The zero-order chi connectivity index (χ0) is 11.6. The molecule has 0 aromatic carbocycles. The van der Waals surface area contributed by atoms with Crippen molar-refractivity contribution in [3.8, 4) is 0 Å². The molecular weight excluding hydrogens is 244 g/mol. The first-order chi connectivity index (χ1) is 7.60. The van der Waals surface area contributed by atoms with Gasteiger partial charge in [-0.3, -0.25) is 4.79 Å². The molecule has 16 heavy (non-hydrogen) atoms. The van der Waals surface area contributed by atoms with Crippen molar-refractivity contribution >= 4 is 28.7 Å². The van der Waals surface area contributed by atoms with Crippen molar-refractivity contribution in [3.05, 3.63) is 21.3 Å². The third-order valence-electron chi connectivity index (χ3n) is 3.02. The summed E-state index contributed by atoms with van der Waals surface area (Å²) in [5, 5.41) is 0. The highest BCUT2D eigenvalue weighted by Crippen LogP contribution is 2.29. The molecule has 2 heterocycles. The van der Waals surface area contributed by atoms with E-state index in [0.29, 0.717) is 13.0 Å². The van der Waals surface area contributed by atoms with E-state index in [4.69, 9.17) is 16.3 Å². The van der Waals surface area contributed by atoms with Gasteiger partial charge < -0.3 is 4.74 Å². The second-order valence-electron chi connectivity index (χ2n) is 4.34. The SMILES string of the molecule is CC1(C(=O)Cc2ccc(Cl)s2)CCCCO1. The normalized spacial score (nSPS) is 25.6. The average Bonchev–Trinajstić information content (AvgIpc) is 2.65. The molecule has 0 saturated carbocycles. The summed E-state index contributed by atoms with van der Waals surface area (Å²) >= 11 is 7.31. The minimum atomic E-state index is -0.575. The number of ketones is 1. The number of ether oxygens (including phenoxy) is 1. The summed E-state index contributed by atoms with van der Waals surface area (Å²) in [7, 11) is 0. The van der Waals surface area contributed by atoms with Gasteiger partial charge in [-0.1, -0.05) is 11.6 Å². The minimum Gasteiger partial charge on any atom is -0.367 e. The first-order valence-corrected chi connectivity index (χ1v) is 6.71. The average molecular weight is 259 g/mol. The van der Waals surface area contributed by atoms with Crippen LogP contribution >= 0.6 is 22.9 Å². The fourth-order valence-corrected chi connectivity index (χ4v) is 3.03. The number of halogens is 1. The molecular formula is C12H15ClO2S. The molecule has 0 radical (unpaired) electrons. The highest BCUT2D eigenvalue weighted by molar-refractivity contribution is 7.16. The van der Waals surface area contributed by atoms with E-state index in [-0.39, 0.29) is 5.78 Å². The van der Waals surface area contributed by atoms with Crippen molar-refractivity contribution in [3.63, 3.8) is 0 Å². The summed E-state index contributed by atoms with van der Waals surface area (Å²) < 4.78 is 6.36. The molecule has 1 atom stereocenters. The van der Waals surface area contributed by atoms with Crippen molar-refractivity contribution in [1.82, 2.24) is 0 Å². The Labute approximate surface area is 105 Å². The van der Waals surface area contributed by atoms with Crippen LogP contribution in [0.5, 0.6) is 0 Å². The molecule has 1 aliphatic rings. The van der Waals surface area contributed by atoms with Gasteiger partial charge in [0.2, 0.25) is 0 Å². The van der Waals surface area contributed by atoms with Crippen LogP contribution in [0, 0.1) is 0 Å². The van der Waals surface area contributed by atoms with Crippen LogP contribution in [0.3, 0.4) is 0 Å². The number of rotatable bonds is 3. The molecule has 0 aliphatic carbocycles. The molecule has 1 aromatic rings. The van der Waals surface area contributed by atoms with Crippen LogP contribution in [0.4, 0.5) is 0 Å². The Morgan fingerprint density at radius 1 is 1.56 bits per heavy atom. The van der Waals surface area contributed by atoms with E-state index in [1.807, 2.05) is 19.1 Å². The van der Waals surface area contributed by atoms with Gasteiger partial charge in [-0.15, -0.1) is 11.3 Å². The van der Waals surface area contributed by atoms with Crippen LogP contribution in [0.15, 0.2) is 12.1 Å². The van der Waals surface area contributed by atoms with Crippen LogP contribution in [-0.4, -0.2) is 18.0 Å². The van der Waals surface area contributed by atoms with E-state index < -0.39 is 5.60 Å². The Bertz CT molecular complexity index is 380. The van der Waals surface area contributed by atoms with Gasteiger partial charge >= 0.3 is 0 Å². The molecule has 1 aromatic heterocycles. The molecule has 0 N–H and O–H groups in total. The molecule has 4 heteroatoms. The first-order valence-electron chi connectivity index (χ1n) is 5.52. The lowest BCUT2D eigenvalue weighted by Crippen LogP contribution is -2.42. The zero-order valence-electron chi connectivity index (χ0n) is 9.29. The van der Waals surface area contributed by atoms with Crippen molar-refractivity contribution in [1.29, 1.82) is 0 Å². The summed E-state index contributed by atoms with van der Waals surface area (Å²) in [4.78, 5) is 13.2. The Hall–Kier alpha value is -0.380. The highest BCUT2D eigenvalue weighted by atomic mass is 35.5. The first kappa shape index (κ1) is 12.1. The Morgan fingerprint density at radius 3 is 2.94 bits per heavy atom. The van der Waals surface area contributed by atoms with Crippen LogP contribution in [-0.2, 0) is 16.0 Å². The molecule has 1 aliphatic heterocycles. The number of carbonyl (C=O) groups excluding carboxylic acids is 1. The molecule has 0 bridgehead atoms. The van der Waals surface area contributed by atoms with Gasteiger partial charge in [0.1, 0.15) is 5.60 Å². The van der Waals surface area contributed by atoms with Gasteiger partial charge in [0.05, 0.1) is 4.34 Å². The smallest absolute Gasteiger partial charge is 0.169 e. The van der Waals surface area contributed by atoms with Gasteiger partial charge in [0.25, 0.3) is 0 Å². The topological polar surface area (TPSA) is 26.3 Å². The lowest BCUT2D eigenvalue weighted by atomic mass is 9.89. The standard InChI is InChI=1S/C12H15ClO2S/c1-12(6-2-3-7-15-12)10(14)8-9-4-5-11(13)16-9/h4-5H,2-3,6-8H2,1H3. The molecule has 2 rings (SSSR count). The third-order valence-corrected chi connectivity index (χ3v) is 4.25. The molecule has 88 valence electrons. The number of carbonyl (C=O) groups is 1. The molecule has 1 fully saturated rings. The van der Waals surface area contributed by atoms with E-state index in [1.165, 1.54) is 11.3 Å². The van der Waals surface area contributed by atoms with E-state index >= 15 is 0 Å². The van der Waals surface area contributed by atoms with Crippen molar-refractivity contribution in [2.45, 2.75) is 38.2 Å². The quantitative estimate of drug-likeness (QED) is 0.830. The molecule has 1 saturated heterocycles. The number of hydrogen-bond donors (Lipinski definition) is 0. The monoisotopic (exact) mass is 258 g/mol. The predicted octanol–water partition coefficient (Wildman–Crippen LogP) is 3.47. The van der Waals surface area contributed by atoms with Gasteiger partial charge in [-0.25, -0.2) is 0 Å². The maximum atomic E-state index is 12.1. The minimum absolute atomic E-state index is 0.172. The predicted molar refractivity (Wildman–Crippen MR) is 66.2 cm³/mol. The number of hydrogen-bond acceptors (Lipinski definition) is 3. The zero-order valence-corrected chi connectivity index (χ0v) is 10.9. The van der Waals surface area contributed by atoms with Crippen molar-refractivity contribution in [2.24, 2.45) is 0 Å². The van der Waals surface area contributed by atoms with E-state index in [9.17, 15) is 4.79 Å². The summed E-state index contributed by atoms with van der Waals surface area (Å²) in [6.07, 6.45) is 3.42. The van der Waals surface area contributed by atoms with Crippen LogP contribution in [0.25, 0.3) is 0 Å². The third kappa shape index (κ3) is 2.65. The molecule has 1 unspecified atom stereocenters. The molecule has 0 amide bonds. The fourth-order valence-electron chi connectivity index (χ4n) is 1.95. The van der Waals surface area contributed by atoms with Gasteiger partial charge in [-0.05, 0) is 38.3 Å².